The van der Waals surface area contributed by atoms with Crippen LogP contribution in [0.1, 0.15) is 25.0 Å². The van der Waals surface area contributed by atoms with Gasteiger partial charge in [-0.3, -0.25) is 0 Å². The van der Waals surface area contributed by atoms with Crippen molar-refractivity contribution in [3.63, 3.8) is 0 Å². The van der Waals surface area contributed by atoms with E-state index in [9.17, 15) is 4.39 Å². The van der Waals surface area contributed by atoms with Crippen molar-refractivity contribution in [3.8, 4) is 5.69 Å². The number of hydrogen-bond donors (Lipinski definition) is 0. The fraction of sp³-hybridized carbons (Fsp3) is 0.353. The number of rotatable bonds is 2. The summed E-state index contributed by atoms with van der Waals surface area (Å²) >= 11 is 0. The average Bonchev–Trinajstić information content (AvgIpc) is 2.93. The molecule has 1 aliphatic rings. The van der Waals surface area contributed by atoms with Crippen molar-refractivity contribution in [2.45, 2.75) is 26.2 Å². The van der Waals surface area contributed by atoms with E-state index in [0.29, 0.717) is 5.69 Å². The molecule has 3 heterocycles. The van der Waals surface area contributed by atoms with Gasteiger partial charge in [0.1, 0.15) is 18.0 Å². The van der Waals surface area contributed by atoms with Crippen LogP contribution in [0, 0.1) is 12.7 Å². The maximum atomic E-state index is 13.5. The molecule has 6 heteroatoms. The molecule has 0 bridgehead atoms. The van der Waals surface area contributed by atoms with Gasteiger partial charge in [-0.1, -0.05) is 6.07 Å². The largest absolute Gasteiger partial charge is 0.356 e. The lowest BCUT2D eigenvalue weighted by Crippen LogP contribution is -2.30. The number of aryl methyl sites for hydroxylation is 1. The van der Waals surface area contributed by atoms with Crippen LogP contribution >= 0.6 is 0 Å². The first-order valence-corrected chi connectivity index (χ1v) is 7.95. The van der Waals surface area contributed by atoms with E-state index in [1.54, 1.807) is 17.1 Å². The number of benzene rings is 1. The van der Waals surface area contributed by atoms with Crippen molar-refractivity contribution in [3.05, 3.63) is 42.1 Å². The third kappa shape index (κ3) is 2.44. The second-order valence-electron chi connectivity index (χ2n) is 5.92. The van der Waals surface area contributed by atoms with Gasteiger partial charge in [0.15, 0.2) is 5.65 Å². The van der Waals surface area contributed by atoms with Crippen molar-refractivity contribution < 1.29 is 4.39 Å². The van der Waals surface area contributed by atoms with Crippen LogP contribution in [-0.4, -0.2) is 32.8 Å². The zero-order valence-corrected chi connectivity index (χ0v) is 13.0. The highest BCUT2D eigenvalue weighted by Gasteiger charge is 2.20. The van der Waals surface area contributed by atoms with Crippen LogP contribution in [0.3, 0.4) is 0 Å². The first kappa shape index (κ1) is 14.1. The molecule has 1 fully saturated rings. The van der Waals surface area contributed by atoms with Gasteiger partial charge in [-0.2, -0.15) is 5.10 Å². The van der Waals surface area contributed by atoms with E-state index in [1.807, 2.05) is 13.0 Å². The summed E-state index contributed by atoms with van der Waals surface area (Å²) in [5, 5.41) is 5.53. The number of fused-ring (bicyclic) bond motifs is 1. The second kappa shape index (κ2) is 5.61. The normalized spacial score (nSPS) is 15.3. The molecular formula is C17H18FN5. The number of piperidine rings is 1. The molecule has 0 amide bonds. The molecule has 0 atom stereocenters. The SMILES string of the molecule is Cc1nn(-c2cccc(F)c2)c2ncnc(N3CCCCC3)c12. The van der Waals surface area contributed by atoms with Gasteiger partial charge in [0, 0.05) is 13.1 Å². The summed E-state index contributed by atoms with van der Waals surface area (Å²) in [6.45, 7) is 3.97. The molecule has 3 aromatic rings. The third-order valence-corrected chi connectivity index (χ3v) is 4.33. The Morgan fingerprint density at radius 1 is 1.09 bits per heavy atom. The van der Waals surface area contributed by atoms with Gasteiger partial charge in [-0.15, -0.1) is 0 Å². The molecule has 0 saturated carbocycles. The van der Waals surface area contributed by atoms with Crippen LogP contribution in [0.5, 0.6) is 0 Å². The predicted octanol–water partition coefficient (Wildman–Crippen LogP) is 3.25. The topological polar surface area (TPSA) is 46.8 Å². The highest BCUT2D eigenvalue weighted by Crippen LogP contribution is 2.29. The van der Waals surface area contributed by atoms with E-state index in [0.717, 1.165) is 35.6 Å². The lowest BCUT2D eigenvalue weighted by atomic mass is 10.1. The highest BCUT2D eigenvalue weighted by molar-refractivity contribution is 5.90. The first-order chi connectivity index (χ1) is 11.2. The summed E-state index contributed by atoms with van der Waals surface area (Å²) in [6.07, 6.45) is 5.21. The van der Waals surface area contributed by atoms with Gasteiger partial charge in [0.25, 0.3) is 0 Å². The average molecular weight is 311 g/mol. The summed E-state index contributed by atoms with van der Waals surface area (Å²) in [6, 6.07) is 6.41. The van der Waals surface area contributed by atoms with Crippen molar-refractivity contribution in [2.24, 2.45) is 0 Å². The molecule has 0 N–H and O–H groups in total. The number of hydrogen-bond acceptors (Lipinski definition) is 4. The zero-order valence-electron chi connectivity index (χ0n) is 13.0. The van der Waals surface area contributed by atoms with Crippen molar-refractivity contribution in [1.82, 2.24) is 19.7 Å². The Kier molecular flexibility index (Phi) is 3.44. The predicted molar refractivity (Wildman–Crippen MR) is 87.4 cm³/mol. The van der Waals surface area contributed by atoms with Gasteiger partial charge in [-0.05, 0) is 44.4 Å². The van der Waals surface area contributed by atoms with E-state index in [4.69, 9.17) is 0 Å². The molecule has 1 saturated heterocycles. The molecule has 5 nitrogen and oxygen atoms in total. The first-order valence-electron chi connectivity index (χ1n) is 7.95. The Bertz CT molecular complexity index is 851. The fourth-order valence-corrected chi connectivity index (χ4v) is 3.23. The molecule has 0 unspecified atom stereocenters. The van der Waals surface area contributed by atoms with Gasteiger partial charge >= 0.3 is 0 Å². The van der Waals surface area contributed by atoms with E-state index in [1.165, 1.54) is 31.4 Å². The van der Waals surface area contributed by atoms with Crippen molar-refractivity contribution in [1.29, 1.82) is 0 Å². The molecule has 4 rings (SSSR count). The molecular weight excluding hydrogens is 293 g/mol. The van der Waals surface area contributed by atoms with Crippen LogP contribution < -0.4 is 4.90 Å². The molecule has 23 heavy (non-hydrogen) atoms. The minimum Gasteiger partial charge on any atom is -0.356 e. The summed E-state index contributed by atoms with van der Waals surface area (Å²) in [7, 11) is 0. The molecule has 0 spiro atoms. The number of aromatic nitrogens is 4. The van der Waals surface area contributed by atoms with Gasteiger partial charge < -0.3 is 4.90 Å². The van der Waals surface area contributed by atoms with E-state index < -0.39 is 0 Å². The number of nitrogens with zero attached hydrogens (tertiary/aromatic N) is 5. The molecule has 118 valence electrons. The van der Waals surface area contributed by atoms with Crippen LogP contribution in [0.25, 0.3) is 16.7 Å². The standard InChI is InChI=1S/C17H18FN5/c1-12-15-16(22-8-3-2-4-9-22)19-11-20-17(15)23(21-12)14-7-5-6-13(18)10-14/h5-7,10-11H,2-4,8-9H2,1H3. The monoisotopic (exact) mass is 311 g/mol. The van der Waals surface area contributed by atoms with Crippen molar-refractivity contribution in [2.75, 3.05) is 18.0 Å². The molecule has 1 aromatic carbocycles. The Morgan fingerprint density at radius 2 is 1.91 bits per heavy atom. The van der Waals surface area contributed by atoms with Crippen LogP contribution in [0.4, 0.5) is 10.2 Å². The number of halogens is 1. The van der Waals surface area contributed by atoms with E-state index in [2.05, 4.69) is 20.0 Å². The van der Waals surface area contributed by atoms with Crippen LogP contribution in [0.2, 0.25) is 0 Å². The van der Waals surface area contributed by atoms with E-state index in [-0.39, 0.29) is 5.82 Å². The lowest BCUT2D eigenvalue weighted by molar-refractivity contribution is 0.574. The maximum absolute atomic E-state index is 13.5. The number of anilines is 1. The molecule has 0 aliphatic carbocycles. The third-order valence-electron chi connectivity index (χ3n) is 4.33. The van der Waals surface area contributed by atoms with Crippen molar-refractivity contribution >= 4 is 16.9 Å². The summed E-state index contributed by atoms with van der Waals surface area (Å²) in [4.78, 5) is 11.2. The lowest BCUT2D eigenvalue weighted by Gasteiger charge is -2.28. The quantitative estimate of drug-likeness (QED) is 0.729. The van der Waals surface area contributed by atoms with Gasteiger partial charge in [0.2, 0.25) is 0 Å². The highest BCUT2D eigenvalue weighted by atomic mass is 19.1. The zero-order chi connectivity index (χ0) is 15.8. The molecule has 0 radical (unpaired) electrons. The summed E-state index contributed by atoms with van der Waals surface area (Å²) in [5.41, 5.74) is 2.26. The van der Waals surface area contributed by atoms with Crippen LogP contribution in [0.15, 0.2) is 30.6 Å². The molecule has 1 aliphatic heterocycles. The summed E-state index contributed by atoms with van der Waals surface area (Å²) in [5.74, 6) is 0.656. The van der Waals surface area contributed by atoms with Gasteiger partial charge in [-0.25, -0.2) is 19.0 Å². The van der Waals surface area contributed by atoms with E-state index >= 15 is 0 Å². The minimum absolute atomic E-state index is 0.283. The smallest absolute Gasteiger partial charge is 0.168 e. The maximum Gasteiger partial charge on any atom is 0.168 e. The molecule has 2 aromatic heterocycles. The Labute approximate surface area is 133 Å². The second-order valence-corrected chi connectivity index (χ2v) is 5.92. The van der Waals surface area contributed by atoms with Gasteiger partial charge in [0.05, 0.1) is 16.8 Å². The Balaban J connectivity index is 1.89. The minimum atomic E-state index is -0.283. The fourth-order valence-electron chi connectivity index (χ4n) is 3.23. The Hall–Kier alpha value is -2.50. The Morgan fingerprint density at radius 3 is 2.70 bits per heavy atom. The van der Waals surface area contributed by atoms with Crippen LogP contribution in [-0.2, 0) is 0 Å². The summed E-state index contributed by atoms with van der Waals surface area (Å²) < 4.78 is 15.2.